The van der Waals surface area contributed by atoms with Crippen molar-refractivity contribution in [1.82, 2.24) is 5.32 Å². The molecule has 1 rings (SSSR count). The second-order valence-corrected chi connectivity index (χ2v) is 6.59. The largest absolute Gasteiger partial charge is 0.481 e. The van der Waals surface area contributed by atoms with Gasteiger partial charge in [-0.25, -0.2) is 0 Å². The highest BCUT2D eigenvalue weighted by atomic mass is 16.5. The first-order valence-electron chi connectivity index (χ1n) is 7.30. The Bertz CT molecular complexity index is 346. The van der Waals surface area contributed by atoms with Crippen LogP contribution in [0.1, 0.15) is 52.4 Å². The summed E-state index contributed by atoms with van der Waals surface area (Å²) < 4.78 is 5.16. The highest BCUT2D eigenvalue weighted by Crippen LogP contribution is 2.40. The molecule has 0 aromatic heterocycles. The van der Waals surface area contributed by atoms with Crippen LogP contribution in [-0.2, 0) is 14.3 Å². The lowest BCUT2D eigenvalue weighted by atomic mass is 9.82. The van der Waals surface area contributed by atoms with Crippen LogP contribution < -0.4 is 5.32 Å². The molecule has 0 aromatic rings. The zero-order valence-electron chi connectivity index (χ0n) is 12.8. The molecule has 0 bridgehead atoms. The summed E-state index contributed by atoms with van der Waals surface area (Å²) in [4.78, 5) is 23.0. The highest BCUT2D eigenvalue weighted by Gasteiger charge is 2.35. The lowest BCUT2D eigenvalue weighted by Gasteiger charge is -2.29. The predicted molar refractivity (Wildman–Crippen MR) is 76.4 cm³/mol. The quantitative estimate of drug-likeness (QED) is 0.717. The third kappa shape index (κ3) is 4.78. The van der Waals surface area contributed by atoms with E-state index in [4.69, 9.17) is 9.84 Å². The molecule has 2 N–H and O–H groups in total. The Balaban J connectivity index is 2.47. The van der Waals surface area contributed by atoms with E-state index in [1.807, 2.05) is 0 Å². The maximum absolute atomic E-state index is 11.9. The van der Waals surface area contributed by atoms with Gasteiger partial charge in [0.25, 0.3) is 0 Å². The van der Waals surface area contributed by atoms with Crippen molar-refractivity contribution in [1.29, 1.82) is 0 Å². The second-order valence-electron chi connectivity index (χ2n) is 6.59. The molecule has 0 aromatic carbocycles. The van der Waals surface area contributed by atoms with Gasteiger partial charge in [-0.2, -0.15) is 0 Å². The molecule has 20 heavy (non-hydrogen) atoms. The van der Waals surface area contributed by atoms with Crippen molar-refractivity contribution in [3.63, 3.8) is 0 Å². The van der Waals surface area contributed by atoms with Gasteiger partial charge in [0.2, 0.25) is 5.91 Å². The number of carbonyl (C=O) groups is 2. The van der Waals surface area contributed by atoms with Crippen LogP contribution in [0.3, 0.4) is 0 Å². The molecule has 116 valence electrons. The summed E-state index contributed by atoms with van der Waals surface area (Å²) in [6, 6.07) is 0. The van der Waals surface area contributed by atoms with Crippen LogP contribution in [0.2, 0.25) is 0 Å². The van der Waals surface area contributed by atoms with Gasteiger partial charge in [0.05, 0.1) is 5.41 Å². The Hall–Kier alpha value is -1.10. The number of rotatable bonds is 8. The standard InChI is InChI=1S/C15H27NO4/c1-14(2,13(18)19)10-12(17)16-11-15(8-9-20-3)6-4-5-7-15/h4-11H2,1-3H3,(H,16,17)(H,18,19). The molecular formula is C15H27NO4. The van der Waals surface area contributed by atoms with Crippen molar-refractivity contribution >= 4 is 11.9 Å². The number of hydrogen-bond acceptors (Lipinski definition) is 3. The maximum atomic E-state index is 11.9. The lowest BCUT2D eigenvalue weighted by Crippen LogP contribution is -2.39. The summed E-state index contributed by atoms with van der Waals surface area (Å²) in [5.41, 5.74) is -0.876. The van der Waals surface area contributed by atoms with E-state index in [0.717, 1.165) is 19.3 Å². The van der Waals surface area contributed by atoms with Gasteiger partial charge in [0.1, 0.15) is 0 Å². The first-order valence-corrected chi connectivity index (χ1v) is 7.30. The highest BCUT2D eigenvalue weighted by molar-refractivity contribution is 5.84. The minimum Gasteiger partial charge on any atom is -0.481 e. The third-order valence-electron chi connectivity index (χ3n) is 4.34. The van der Waals surface area contributed by atoms with Crippen LogP contribution in [0.25, 0.3) is 0 Å². The molecular weight excluding hydrogens is 258 g/mol. The zero-order chi connectivity index (χ0) is 15.2. The van der Waals surface area contributed by atoms with Gasteiger partial charge in [-0.05, 0) is 38.5 Å². The molecule has 0 spiro atoms. The van der Waals surface area contributed by atoms with E-state index in [-0.39, 0.29) is 17.7 Å². The Labute approximate surface area is 121 Å². The van der Waals surface area contributed by atoms with Crippen LogP contribution in [0.4, 0.5) is 0 Å². The van der Waals surface area contributed by atoms with E-state index in [1.54, 1.807) is 21.0 Å². The fourth-order valence-electron chi connectivity index (χ4n) is 2.78. The first-order chi connectivity index (χ1) is 9.31. The number of carboxylic acids is 1. The fraction of sp³-hybridized carbons (Fsp3) is 0.867. The smallest absolute Gasteiger partial charge is 0.309 e. The Morgan fingerprint density at radius 3 is 2.40 bits per heavy atom. The molecule has 0 heterocycles. The molecule has 1 fully saturated rings. The molecule has 1 saturated carbocycles. The van der Waals surface area contributed by atoms with Crippen molar-refractivity contribution in [2.24, 2.45) is 10.8 Å². The average Bonchev–Trinajstić information content (AvgIpc) is 2.83. The van der Waals surface area contributed by atoms with E-state index in [9.17, 15) is 9.59 Å². The minimum absolute atomic E-state index is 0.0166. The van der Waals surface area contributed by atoms with Crippen molar-refractivity contribution in [2.45, 2.75) is 52.4 Å². The summed E-state index contributed by atoms with van der Waals surface area (Å²) in [7, 11) is 1.69. The second kappa shape index (κ2) is 7.07. The Morgan fingerprint density at radius 1 is 1.30 bits per heavy atom. The normalized spacial score (nSPS) is 17.9. The lowest BCUT2D eigenvalue weighted by molar-refractivity contribution is -0.149. The van der Waals surface area contributed by atoms with Gasteiger partial charge < -0.3 is 15.2 Å². The van der Waals surface area contributed by atoms with Crippen molar-refractivity contribution < 1.29 is 19.4 Å². The summed E-state index contributed by atoms with van der Waals surface area (Å²) in [5.74, 6) is -1.12. The van der Waals surface area contributed by atoms with Gasteiger partial charge in [0, 0.05) is 26.7 Å². The Kier molecular flexibility index (Phi) is 5.99. The summed E-state index contributed by atoms with van der Waals surface area (Å²) in [6.45, 7) is 4.48. The fourth-order valence-corrected chi connectivity index (χ4v) is 2.78. The molecule has 0 aliphatic heterocycles. The summed E-state index contributed by atoms with van der Waals surface area (Å²) >= 11 is 0. The number of methoxy groups -OCH3 is 1. The van der Waals surface area contributed by atoms with Crippen LogP contribution in [0.15, 0.2) is 0 Å². The number of carboxylic acid groups (broad SMARTS) is 1. The molecule has 0 saturated heterocycles. The monoisotopic (exact) mass is 285 g/mol. The summed E-state index contributed by atoms with van der Waals surface area (Å²) in [6.07, 6.45) is 5.58. The first kappa shape index (κ1) is 17.0. The van der Waals surface area contributed by atoms with Crippen molar-refractivity contribution in [3.05, 3.63) is 0 Å². The Morgan fingerprint density at radius 2 is 1.90 bits per heavy atom. The molecule has 5 heteroatoms. The van der Waals surface area contributed by atoms with Gasteiger partial charge >= 0.3 is 5.97 Å². The number of carbonyl (C=O) groups excluding carboxylic acids is 1. The third-order valence-corrected chi connectivity index (χ3v) is 4.34. The minimum atomic E-state index is -1.01. The number of amides is 1. The average molecular weight is 285 g/mol. The molecule has 0 unspecified atom stereocenters. The molecule has 1 aliphatic carbocycles. The number of aliphatic carboxylic acids is 1. The number of nitrogens with one attached hydrogen (secondary N) is 1. The van der Waals surface area contributed by atoms with Crippen LogP contribution in [0.5, 0.6) is 0 Å². The number of ether oxygens (including phenoxy) is 1. The van der Waals surface area contributed by atoms with E-state index >= 15 is 0 Å². The zero-order valence-corrected chi connectivity index (χ0v) is 12.8. The van der Waals surface area contributed by atoms with E-state index in [1.165, 1.54) is 12.8 Å². The van der Waals surface area contributed by atoms with Crippen LogP contribution in [0, 0.1) is 10.8 Å². The van der Waals surface area contributed by atoms with Crippen LogP contribution >= 0.6 is 0 Å². The molecule has 1 amide bonds. The molecule has 1 aliphatic rings. The molecule has 0 atom stereocenters. The van der Waals surface area contributed by atoms with Crippen LogP contribution in [-0.4, -0.2) is 37.2 Å². The van der Waals surface area contributed by atoms with Crippen molar-refractivity contribution in [3.8, 4) is 0 Å². The van der Waals surface area contributed by atoms with Crippen molar-refractivity contribution in [2.75, 3.05) is 20.3 Å². The van der Waals surface area contributed by atoms with Gasteiger partial charge in [-0.15, -0.1) is 0 Å². The summed E-state index contributed by atoms with van der Waals surface area (Å²) in [5, 5.41) is 12.0. The van der Waals surface area contributed by atoms with Gasteiger partial charge in [0.15, 0.2) is 0 Å². The SMILES string of the molecule is COCCC1(CNC(=O)CC(C)(C)C(=O)O)CCCC1. The predicted octanol–water partition coefficient (Wildman–Crippen LogP) is 2.20. The topological polar surface area (TPSA) is 75.6 Å². The van der Waals surface area contributed by atoms with E-state index in [2.05, 4.69) is 5.32 Å². The molecule has 0 radical (unpaired) electrons. The van der Waals surface area contributed by atoms with Gasteiger partial charge in [-0.3, -0.25) is 9.59 Å². The molecule has 5 nitrogen and oxygen atoms in total. The maximum Gasteiger partial charge on any atom is 0.309 e. The van der Waals surface area contributed by atoms with Gasteiger partial charge in [-0.1, -0.05) is 12.8 Å². The van der Waals surface area contributed by atoms with E-state index in [0.29, 0.717) is 13.2 Å². The number of hydrogen-bond donors (Lipinski definition) is 2. The van der Waals surface area contributed by atoms with E-state index < -0.39 is 11.4 Å².